The third-order valence-corrected chi connectivity index (χ3v) is 3.83. The fraction of sp³-hybridized carbons (Fsp3) is 0.538. The van der Waals surface area contributed by atoms with E-state index < -0.39 is 0 Å². The Morgan fingerprint density at radius 3 is 2.80 bits per heavy atom. The highest BCUT2D eigenvalue weighted by atomic mass is 32.1. The van der Waals surface area contributed by atoms with Crippen LogP contribution in [0.5, 0.6) is 0 Å². The number of aryl methyl sites for hydroxylation is 1. The Morgan fingerprint density at radius 1 is 1.47 bits per heavy atom. The lowest BCUT2D eigenvalue weighted by atomic mass is 10.1. The standard InChI is InChI=1S/C13H21NS/c1-4-7-8-12(14-6-3)13-10-9-11(5-2)15-13/h4,9-10,12,14H,1,5-8H2,2-3H3. The lowest BCUT2D eigenvalue weighted by Gasteiger charge is -2.15. The van der Waals surface area contributed by atoms with Gasteiger partial charge in [0.05, 0.1) is 0 Å². The van der Waals surface area contributed by atoms with Crippen molar-refractivity contribution in [3.05, 3.63) is 34.5 Å². The van der Waals surface area contributed by atoms with Crippen molar-refractivity contribution in [2.24, 2.45) is 0 Å². The van der Waals surface area contributed by atoms with Crippen LogP contribution in [0, 0.1) is 0 Å². The van der Waals surface area contributed by atoms with Crippen LogP contribution in [-0.2, 0) is 6.42 Å². The van der Waals surface area contributed by atoms with Gasteiger partial charge >= 0.3 is 0 Å². The molecule has 0 aliphatic carbocycles. The Morgan fingerprint density at radius 2 is 2.27 bits per heavy atom. The minimum absolute atomic E-state index is 0.512. The predicted molar refractivity (Wildman–Crippen MR) is 69.5 cm³/mol. The summed E-state index contributed by atoms with van der Waals surface area (Å²) in [7, 11) is 0. The van der Waals surface area contributed by atoms with Crippen molar-refractivity contribution in [2.75, 3.05) is 6.54 Å². The van der Waals surface area contributed by atoms with Crippen molar-refractivity contribution in [3.8, 4) is 0 Å². The van der Waals surface area contributed by atoms with Gasteiger partial charge in [0, 0.05) is 15.8 Å². The van der Waals surface area contributed by atoms with Crippen LogP contribution in [0.15, 0.2) is 24.8 Å². The Balaban J connectivity index is 2.64. The van der Waals surface area contributed by atoms with Crippen LogP contribution in [-0.4, -0.2) is 6.54 Å². The number of nitrogens with one attached hydrogen (secondary N) is 1. The van der Waals surface area contributed by atoms with E-state index in [-0.39, 0.29) is 0 Å². The average Bonchev–Trinajstić information content (AvgIpc) is 2.72. The Kier molecular flexibility index (Phi) is 5.66. The van der Waals surface area contributed by atoms with Crippen LogP contribution in [0.4, 0.5) is 0 Å². The molecule has 1 rings (SSSR count). The van der Waals surface area contributed by atoms with Crippen molar-refractivity contribution in [2.45, 2.75) is 39.2 Å². The first kappa shape index (κ1) is 12.5. The summed E-state index contributed by atoms with van der Waals surface area (Å²) < 4.78 is 0. The third-order valence-electron chi connectivity index (χ3n) is 2.48. The topological polar surface area (TPSA) is 12.0 Å². The maximum atomic E-state index is 3.78. The number of hydrogen-bond donors (Lipinski definition) is 1. The van der Waals surface area contributed by atoms with Gasteiger partial charge in [0.2, 0.25) is 0 Å². The van der Waals surface area contributed by atoms with Gasteiger partial charge in [-0.3, -0.25) is 0 Å². The van der Waals surface area contributed by atoms with E-state index in [4.69, 9.17) is 0 Å². The highest BCUT2D eigenvalue weighted by molar-refractivity contribution is 7.12. The first-order valence-corrected chi connectivity index (χ1v) is 6.56. The van der Waals surface area contributed by atoms with Gasteiger partial charge in [0.15, 0.2) is 0 Å². The lowest BCUT2D eigenvalue weighted by molar-refractivity contribution is 0.527. The number of thiophene rings is 1. The summed E-state index contributed by atoms with van der Waals surface area (Å²) in [6, 6.07) is 5.02. The van der Waals surface area contributed by atoms with Gasteiger partial charge in [-0.15, -0.1) is 17.9 Å². The molecule has 0 aromatic carbocycles. The maximum Gasteiger partial charge on any atom is 0.0417 e. The largest absolute Gasteiger partial charge is 0.310 e. The van der Waals surface area contributed by atoms with Gasteiger partial charge in [-0.05, 0) is 37.9 Å². The number of rotatable bonds is 7. The van der Waals surface area contributed by atoms with E-state index in [0.717, 1.165) is 25.8 Å². The fourth-order valence-corrected chi connectivity index (χ4v) is 2.71. The van der Waals surface area contributed by atoms with Crippen molar-refractivity contribution < 1.29 is 0 Å². The first-order valence-electron chi connectivity index (χ1n) is 5.74. The monoisotopic (exact) mass is 223 g/mol. The van der Waals surface area contributed by atoms with Crippen LogP contribution in [0.1, 0.15) is 42.5 Å². The molecule has 0 saturated heterocycles. The summed E-state index contributed by atoms with van der Waals surface area (Å²) in [5, 5.41) is 3.53. The van der Waals surface area contributed by atoms with Gasteiger partial charge < -0.3 is 5.32 Å². The molecule has 1 nitrogen and oxygen atoms in total. The molecule has 1 atom stereocenters. The SMILES string of the molecule is C=CCCC(NCC)c1ccc(CC)s1. The number of hydrogen-bond acceptors (Lipinski definition) is 2. The van der Waals surface area contributed by atoms with E-state index in [1.54, 1.807) is 0 Å². The summed E-state index contributed by atoms with van der Waals surface area (Å²) in [6.45, 7) is 9.18. The molecule has 84 valence electrons. The number of allylic oxidation sites excluding steroid dienone is 1. The van der Waals surface area contributed by atoms with Crippen LogP contribution in [0.3, 0.4) is 0 Å². The molecule has 1 N–H and O–H groups in total. The van der Waals surface area contributed by atoms with Crippen LogP contribution < -0.4 is 5.32 Å². The van der Waals surface area contributed by atoms with Gasteiger partial charge in [-0.1, -0.05) is 19.9 Å². The normalized spacial score (nSPS) is 12.7. The Hall–Kier alpha value is -0.600. The van der Waals surface area contributed by atoms with Crippen molar-refractivity contribution in [3.63, 3.8) is 0 Å². The third kappa shape index (κ3) is 3.80. The zero-order chi connectivity index (χ0) is 11.1. The summed E-state index contributed by atoms with van der Waals surface area (Å²) >= 11 is 1.93. The summed E-state index contributed by atoms with van der Waals surface area (Å²) in [6.07, 6.45) is 5.38. The molecule has 1 heterocycles. The van der Waals surface area contributed by atoms with Crippen molar-refractivity contribution >= 4 is 11.3 Å². The van der Waals surface area contributed by atoms with Crippen LogP contribution in [0.25, 0.3) is 0 Å². The average molecular weight is 223 g/mol. The zero-order valence-corrected chi connectivity index (χ0v) is 10.6. The summed E-state index contributed by atoms with van der Waals surface area (Å²) in [4.78, 5) is 2.95. The maximum absolute atomic E-state index is 3.78. The fourth-order valence-electron chi connectivity index (χ4n) is 1.65. The van der Waals surface area contributed by atoms with Gasteiger partial charge in [-0.25, -0.2) is 0 Å². The van der Waals surface area contributed by atoms with Crippen LogP contribution >= 0.6 is 11.3 Å². The second-order valence-corrected chi connectivity index (χ2v) is 4.83. The second kappa shape index (κ2) is 6.81. The Labute approximate surface area is 97.2 Å². The molecule has 0 radical (unpaired) electrons. The van der Waals surface area contributed by atoms with E-state index in [0.29, 0.717) is 6.04 Å². The molecule has 0 bridgehead atoms. The molecule has 0 spiro atoms. The molecule has 1 unspecified atom stereocenters. The van der Waals surface area contributed by atoms with Gasteiger partial charge in [0.1, 0.15) is 0 Å². The van der Waals surface area contributed by atoms with E-state index in [9.17, 15) is 0 Å². The van der Waals surface area contributed by atoms with Gasteiger partial charge in [0.25, 0.3) is 0 Å². The molecule has 0 fully saturated rings. The highest BCUT2D eigenvalue weighted by Crippen LogP contribution is 2.26. The van der Waals surface area contributed by atoms with Crippen molar-refractivity contribution in [1.82, 2.24) is 5.32 Å². The molecular formula is C13H21NS. The molecule has 15 heavy (non-hydrogen) atoms. The van der Waals surface area contributed by atoms with E-state index in [1.807, 2.05) is 17.4 Å². The molecule has 0 aliphatic heterocycles. The summed E-state index contributed by atoms with van der Waals surface area (Å²) in [5.74, 6) is 0. The summed E-state index contributed by atoms with van der Waals surface area (Å²) in [5.41, 5.74) is 0. The molecule has 2 heteroatoms. The minimum Gasteiger partial charge on any atom is -0.310 e. The Bertz CT molecular complexity index is 290. The van der Waals surface area contributed by atoms with E-state index in [1.165, 1.54) is 9.75 Å². The highest BCUT2D eigenvalue weighted by Gasteiger charge is 2.11. The smallest absolute Gasteiger partial charge is 0.0417 e. The quantitative estimate of drug-likeness (QED) is 0.691. The van der Waals surface area contributed by atoms with E-state index >= 15 is 0 Å². The zero-order valence-electron chi connectivity index (χ0n) is 9.75. The molecule has 0 aliphatic rings. The van der Waals surface area contributed by atoms with Crippen molar-refractivity contribution in [1.29, 1.82) is 0 Å². The molecule has 1 aromatic heterocycles. The van der Waals surface area contributed by atoms with Gasteiger partial charge in [-0.2, -0.15) is 0 Å². The van der Waals surface area contributed by atoms with Crippen LogP contribution in [0.2, 0.25) is 0 Å². The van der Waals surface area contributed by atoms with E-state index in [2.05, 4.69) is 37.9 Å². The molecule has 0 amide bonds. The predicted octanol–water partition coefficient (Wildman–Crippen LogP) is 3.93. The molecule has 0 saturated carbocycles. The second-order valence-electron chi connectivity index (χ2n) is 3.63. The molecule has 1 aromatic rings. The first-order chi connectivity index (χ1) is 7.31. The minimum atomic E-state index is 0.512. The lowest BCUT2D eigenvalue weighted by Crippen LogP contribution is -2.19. The molecular weight excluding hydrogens is 202 g/mol.